The zero-order chi connectivity index (χ0) is 8.43. The second kappa shape index (κ2) is 3.00. The van der Waals surface area contributed by atoms with Crippen LogP contribution in [-0.4, -0.2) is 29.9 Å². The van der Waals surface area contributed by atoms with E-state index in [9.17, 15) is 4.79 Å². The molecule has 0 N–H and O–H groups in total. The SMILES string of the molecule is [CH2]c1csc(C(=O)N(C)C)n1. The number of thiazole rings is 1. The maximum Gasteiger partial charge on any atom is 0.282 e. The lowest BCUT2D eigenvalue weighted by atomic mass is 10.5. The fraction of sp³-hybridized carbons (Fsp3) is 0.286. The van der Waals surface area contributed by atoms with Crippen LogP contribution in [0.25, 0.3) is 0 Å². The molecule has 1 radical (unpaired) electrons. The Hall–Kier alpha value is -0.900. The van der Waals surface area contributed by atoms with E-state index in [4.69, 9.17) is 0 Å². The van der Waals surface area contributed by atoms with Gasteiger partial charge in [-0.15, -0.1) is 11.3 Å². The van der Waals surface area contributed by atoms with Gasteiger partial charge in [0, 0.05) is 19.5 Å². The average Bonchev–Trinajstić information content (AvgIpc) is 2.34. The van der Waals surface area contributed by atoms with Crippen LogP contribution in [0.1, 0.15) is 15.5 Å². The van der Waals surface area contributed by atoms with Gasteiger partial charge in [0.15, 0.2) is 5.01 Å². The van der Waals surface area contributed by atoms with Crippen molar-refractivity contribution in [2.75, 3.05) is 14.1 Å². The van der Waals surface area contributed by atoms with Gasteiger partial charge in [0.05, 0.1) is 5.69 Å². The minimum Gasteiger partial charge on any atom is -0.343 e. The molecule has 11 heavy (non-hydrogen) atoms. The van der Waals surface area contributed by atoms with Crippen LogP contribution in [0.3, 0.4) is 0 Å². The molecule has 1 rings (SSSR count). The summed E-state index contributed by atoms with van der Waals surface area (Å²) >= 11 is 1.32. The van der Waals surface area contributed by atoms with Gasteiger partial charge in [-0.05, 0) is 6.92 Å². The molecule has 0 saturated carbocycles. The number of rotatable bonds is 1. The van der Waals surface area contributed by atoms with Crippen LogP contribution in [0.4, 0.5) is 0 Å². The van der Waals surface area contributed by atoms with Gasteiger partial charge in [0.2, 0.25) is 0 Å². The number of hydrogen-bond donors (Lipinski definition) is 0. The van der Waals surface area contributed by atoms with Crippen molar-refractivity contribution in [2.24, 2.45) is 0 Å². The first-order chi connectivity index (χ1) is 5.11. The summed E-state index contributed by atoms with van der Waals surface area (Å²) in [6, 6.07) is 0. The van der Waals surface area contributed by atoms with E-state index in [1.807, 2.05) is 0 Å². The number of carbonyl (C=O) groups excluding carboxylic acids is 1. The molecule has 1 aromatic rings. The fourth-order valence-electron chi connectivity index (χ4n) is 0.596. The Kier molecular flexibility index (Phi) is 2.24. The first kappa shape index (κ1) is 8.20. The van der Waals surface area contributed by atoms with Crippen LogP contribution in [0, 0.1) is 6.92 Å². The summed E-state index contributed by atoms with van der Waals surface area (Å²) < 4.78 is 0. The Morgan fingerprint density at radius 1 is 1.73 bits per heavy atom. The van der Waals surface area contributed by atoms with Gasteiger partial charge >= 0.3 is 0 Å². The van der Waals surface area contributed by atoms with Crippen LogP contribution >= 0.6 is 11.3 Å². The van der Waals surface area contributed by atoms with Crippen molar-refractivity contribution in [3.8, 4) is 0 Å². The van der Waals surface area contributed by atoms with E-state index in [2.05, 4.69) is 11.9 Å². The molecule has 0 aliphatic rings. The van der Waals surface area contributed by atoms with Crippen molar-refractivity contribution < 1.29 is 4.79 Å². The predicted octanol–water partition coefficient (Wildman–Crippen LogP) is 1.03. The van der Waals surface area contributed by atoms with Gasteiger partial charge in [-0.25, -0.2) is 4.98 Å². The van der Waals surface area contributed by atoms with E-state index in [-0.39, 0.29) is 5.91 Å². The number of amides is 1. The van der Waals surface area contributed by atoms with Crippen molar-refractivity contribution in [3.05, 3.63) is 23.0 Å². The van der Waals surface area contributed by atoms with Crippen molar-refractivity contribution >= 4 is 17.2 Å². The van der Waals surface area contributed by atoms with Crippen molar-refractivity contribution in [3.63, 3.8) is 0 Å². The zero-order valence-corrected chi connectivity index (χ0v) is 7.31. The molecule has 0 atom stereocenters. The van der Waals surface area contributed by atoms with Crippen LogP contribution in [-0.2, 0) is 0 Å². The molecule has 0 unspecified atom stereocenters. The largest absolute Gasteiger partial charge is 0.343 e. The van der Waals surface area contributed by atoms with Gasteiger partial charge in [-0.1, -0.05) is 0 Å². The molecule has 0 aliphatic carbocycles. The third kappa shape index (κ3) is 1.77. The molecular formula is C7H9N2OS. The van der Waals surface area contributed by atoms with E-state index in [1.165, 1.54) is 16.2 Å². The van der Waals surface area contributed by atoms with Crippen molar-refractivity contribution in [1.82, 2.24) is 9.88 Å². The molecule has 3 nitrogen and oxygen atoms in total. The molecule has 0 bridgehead atoms. The Morgan fingerprint density at radius 3 is 2.73 bits per heavy atom. The summed E-state index contributed by atoms with van der Waals surface area (Å²) in [5.41, 5.74) is 0.653. The van der Waals surface area contributed by atoms with Gasteiger partial charge in [0.25, 0.3) is 5.91 Å². The summed E-state index contributed by atoms with van der Waals surface area (Å²) in [5.74, 6) is -0.0649. The first-order valence-electron chi connectivity index (χ1n) is 3.10. The highest BCUT2D eigenvalue weighted by Gasteiger charge is 2.10. The quantitative estimate of drug-likeness (QED) is 0.629. The third-order valence-corrected chi connectivity index (χ3v) is 2.02. The maximum atomic E-state index is 11.2. The lowest BCUT2D eigenvalue weighted by molar-refractivity contribution is 0.0827. The van der Waals surface area contributed by atoms with E-state index in [1.54, 1.807) is 19.5 Å². The Balaban J connectivity index is 2.85. The molecule has 1 amide bonds. The zero-order valence-electron chi connectivity index (χ0n) is 6.50. The van der Waals surface area contributed by atoms with Gasteiger partial charge in [-0.2, -0.15) is 0 Å². The van der Waals surface area contributed by atoms with Gasteiger partial charge < -0.3 is 4.90 Å². The van der Waals surface area contributed by atoms with E-state index in [0.29, 0.717) is 10.7 Å². The van der Waals surface area contributed by atoms with Crippen LogP contribution in [0.2, 0.25) is 0 Å². The van der Waals surface area contributed by atoms with Crippen LogP contribution in [0.15, 0.2) is 5.38 Å². The summed E-state index contributed by atoms with van der Waals surface area (Å²) in [6.07, 6.45) is 0. The highest BCUT2D eigenvalue weighted by atomic mass is 32.1. The highest BCUT2D eigenvalue weighted by Crippen LogP contribution is 2.09. The number of nitrogens with zero attached hydrogens (tertiary/aromatic N) is 2. The molecule has 1 aromatic heterocycles. The van der Waals surface area contributed by atoms with Crippen LogP contribution < -0.4 is 0 Å². The van der Waals surface area contributed by atoms with Crippen molar-refractivity contribution in [2.45, 2.75) is 0 Å². The normalized spacial score (nSPS) is 9.73. The van der Waals surface area contributed by atoms with E-state index >= 15 is 0 Å². The minimum atomic E-state index is -0.0649. The smallest absolute Gasteiger partial charge is 0.282 e. The second-order valence-corrected chi connectivity index (χ2v) is 3.20. The predicted molar refractivity (Wildman–Crippen MR) is 44.6 cm³/mol. The molecule has 1 heterocycles. The lowest BCUT2D eigenvalue weighted by Crippen LogP contribution is -2.21. The average molecular weight is 169 g/mol. The molecule has 0 aromatic carbocycles. The summed E-state index contributed by atoms with van der Waals surface area (Å²) in [7, 11) is 3.40. The number of carbonyl (C=O) groups is 1. The summed E-state index contributed by atoms with van der Waals surface area (Å²) in [6.45, 7) is 3.61. The second-order valence-electron chi connectivity index (χ2n) is 2.34. The first-order valence-corrected chi connectivity index (χ1v) is 3.98. The topological polar surface area (TPSA) is 33.2 Å². The molecule has 59 valence electrons. The Bertz CT molecular complexity index is 267. The molecule has 0 aliphatic heterocycles. The van der Waals surface area contributed by atoms with Crippen molar-refractivity contribution in [1.29, 1.82) is 0 Å². The number of aromatic nitrogens is 1. The molecule has 4 heteroatoms. The maximum absolute atomic E-state index is 11.2. The van der Waals surface area contributed by atoms with Gasteiger partial charge in [0.1, 0.15) is 0 Å². The Labute approximate surface area is 69.7 Å². The summed E-state index contributed by atoms with van der Waals surface area (Å²) in [5, 5.41) is 2.26. The van der Waals surface area contributed by atoms with Crippen LogP contribution in [0.5, 0.6) is 0 Å². The lowest BCUT2D eigenvalue weighted by Gasteiger charge is -2.05. The van der Waals surface area contributed by atoms with Gasteiger partial charge in [-0.3, -0.25) is 4.79 Å². The monoisotopic (exact) mass is 169 g/mol. The molecule has 0 fully saturated rings. The molecule has 0 spiro atoms. The number of hydrogen-bond acceptors (Lipinski definition) is 3. The Morgan fingerprint density at radius 2 is 2.36 bits per heavy atom. The third-order valence-electron chi connectivity index (χ3n) is 1.14. The fourth-order valence-corrected chi connectivity index (χ4v) is 1.35. The minimum absolute atomic E-state index is 0.0649. The standard InChI is InChI=1S/C7H9N2OS/c1-5-4-11-6(8-5)7(10)9(2)3/h4H,1H2,2-3H3. The highest BCUT2D eigenvalue weighted by molar-refractivity contribution is 7.11. The van der Waals surface area contributed by atoms with E-state index < -0.39 is 0 Å². The molecular weight excluding hydrogens is 160 g/mol. The summed E-state index contributed by atoms with van der Waals surface area (Å²) in [4.78, 5) is 16.7. The van der Waals surface area contributed by atoms with E-state index in [0.717, 1.165) is 0 Å². The molecule has 0 saturated heterocycles.